The fourth-order valence-corrected chi connectivity index (χ4v) is 3.24. The molecule has 2 amide bonds. The molecule has 2 heterocycles. The number of ether oxygens (including phenoxy) is 1. The lowest BCUT2D eigenvalue weighted by Gasteiger charge is -2.35. The van der Waals surface area contributed by atoms with Gasteiger partial charge < -0.3 is 15.0 Å². The summed E-state index contributed by atoms with van der Waals surface area (Å²) in [5.74, 6) is 0.285. The number of rotatable bonds is 6. The quantitative estimate of drug-likeness (QED) is 0.775. The number of carbonyl (C=O) groups is 2. The van der Waals surface area contributed by atoms with Crippen molar-refractivity contribution < 1.29 is 18.7 Å². The number of amides is 2. The Labute approximate surface area is 146 Å². The van der Waals surface area contributed by atoms with Crippen molar-refractivity contribution in [2.45, 2.75) is 12.8 Å². The number of halogens is 1. The molecule has 0 bridgehead atoms. The summed E-state index contributed by atoms with van der Waals surface area (Å²) in [5, 5.41) is 2.72. The Morgan fingerprint density at radius 1 is 1.20 bits per heavy atom. The maximum absolute atomic E-state index is 12.8. The molecule has 1 N–H and O–H groups in total. The van der Waals surface area contributed by atoms with E-state index in [9.17, 15) is 14.0 Å². The van der Waals surface area contributed by atoms with Gasteiger partial charge in [0.05, 0.1) is 12.5 Å². The van der Waals surface area contributed by atoms with Crippen LogP contribution in [0.3, 0.4) is 0 Å². The van der Waals surface area contributed by atoms with E-state index in [0.29, 0.717) is 38.4 Å². The number of carbonyl (C=O) groups excluding carboxylic acids is 2. The van der Waals surface area contributed by atoms with E-state index in [0.717, 1.165) is 26.1 Å². The summed E-state index contributed by atoms with van der Waals surface area (Å²) in [6.07, 6.45) is 1.20. The molecule has 2 aliphatic rings. The first-order chi connectivity index (χ1) is 12.1. The van der Waals surface area contributed by atoms with Gasteiger partial charge in [0.2, 0.25) is 11.8 Å². The molecule has 2 fully saturated rings. The van der Waals surface area contributed by atoms with Crippen molar-refractivity contribution >= 4 is 11.8 Å². The van der Waals surface area contributed by atoms with E-state index in [4.69, 9.17) is 4.74 Å². The molecule has 0 saturated carbocycles. The third-order valence-electron chi connectivity index (χ3n) is 4.71. The largest absolute Gasteiger partial charge is 0.494 e. The smallest absolute Gasteiger partial charge is 0.228 e. The second-order valence-electron chi connectivity index (χ2n) is 6.53. The lowest BCUT2D eigenvalue weighted by Crippen LogP contribution is -2.50. The van der Waals surface area contributed by atoms with Gasteiger partial charge in [-0.25, -0.2) is 4.39 Å². The van der Waals surface area contributed by atoms with Crippen molar-refractivity contribution in [2.75, 3.05) is 45.9 Å². The SMILES string of the molecule is O=C1C[C@@H](C(=O)N2CCN(CCCOc3ccc(F)cc3)CC2)CN1. The average molecular weight is 349 g/mol. The second kappa shape index (κ2) is 8.29. The molecule has 0 radical (unpaired) electrons. The van der Waals surface area contributed by atoms with E-state index >= 15 is 0 Å². The molecule has 136 valence electrons. The van der Waals surface area contributed by atoms with E-state index in [1.165, 1.54) is 12.1 Å². The normalized spacial score (nSPS) is 21.2. The van der Waals surface area contributed by atoms with Crippen LogP contribution in [0.15, 0.2) is 24.3 Å². The summed E-state index contributed by atoms with van der Waals surface area (Å²) in [5.41, 5.74) is 0. The van der Waals surface area contributed by atoms with E-state index in [-0.39, 0.29) is 23.5 Å². The van der Waals surface area contributed by atoms with Crippen LogP contribution in [0, 0.1) is 11.7 Å². The van der Waals surface area contributed by atoms with Gasteiger partial charge in [-0.2, -0.15) is 0 Å². The fourth-order valence-electron chi connectivity index (χ4n) is 3.24. The first-order valence-electron chi connectivity index (χ1n) is 8.78. The molecule has 0 unspecified atom stereocenters. The molecular formula is C18H24FN3O3. The minimum Gasteiger partial charge on any atom is -0.494 e. The zero-order chi connectivity index (χ0) is 17.6. The lowest BCUT2D eigenvalue weighted by atomic mass is 10.1. The van der Waals surface area contributed by atoms with Crippen LogP contribution >= 0.6 is 0 Å². The van der Waals surface area contributed by atoms with Gasteiger partial charge in [0.1, 0.15) is 11.6 Å². The topological polar surface area (TPSA) is 61.9 Å². The highest BCUT2D eigenvalue weighted by molar-refractivity contribution is 5.89. The molecule has 0 spiro atoms. The number of piperazine rings is 1. The Morgan fingerprint density at radius 3 is 2.56 bits per heavy atom. The van der Waals surface area contributed by atoms with E-state index in [1.54, 1.807) is 12.1 Å². The van der Waals surface area contributed by atoms with Crippen LogP contribution in [0.5, 0.6) is 5.75 Å². The van der Waals surface area contributed by atoms with E-state index in [1.807, 2.05) is 4.90 Å². The summed E-state index contributed by atoms with van der Waals surface area (Å²) >= 11 is 0. The van der Waals surface area contributed by atoms with Gasteiger partial charge in [-0.15, -0.1) is 0 Å². The Morgan fingerprint density at radius 2 is 1.92 bits per heavy atom. The number of nitrogens with one attached hydrogen (secondary N) is 1. The maximum atomic E-state index is 12.8. The highest BCUT2D eigenvalue weighted by atomic mass is 19.1. The second-order valence-corrected chi connectivity index (χ2v) is 6.53. The predicted octanol–water partition coefficient (Wildman–Crippen LogP) is 0.875. The third kappa shape index (κ3) is 4.92. The van der Waals surface area contributed by atoms with Gasteiger partial charge in [-0.1, -0.05) is 0 Å². The maximum Gasteiger partial charge on any atom is 0.228 e. The van der Waals surface area contributed by atoms with Crippen molar-refractivity contribution in [3.05, 3.63) is 30.1 Å². The van der Waals surface area contributed by atoms with Crippen LogP contribution in [-0.4, -0.2) is 67.5 Å². The minimum atomic E-state index is -0.266. The van der Waals surface area contributed by atoms with Gasteiger partial charge in [-0.05, 0) is 30.7 Å². The van der Waals surface area contributed by atoms with Crippen LogP contribution in [0.1, 0.15) is 12.8 Å². The molecule has 0 aliphatic carbocycles. The van der Waals surface area contributed by atoms with Crippen molar-refractivity contribution in [3.8, 4) is 5.75 Å². The zero-order valence-corrected chi connectivity index (χ0v) is 14.2. The Hall–Kier alpha value is -2.15. The Kier molecular flexibility index (Phi) is 5.86. The molecule has 1 aromatic rings. The van der Waals surface area contributed by atoms with Crippen molar-refractivity contribution in [1.29, 1.82) is 0 Å². The number of nitrogens with zero attached hydrogens (tertiary/aromatic N) is 2. The van der Waals surface area contributed by atoms with E-state index < -0.39 is 0 Å². The average Bonchev–Trinajstić information content (AvgIpc) is 3.06. The predicted molar refractivity (Wildman–Crippen MR) is 90.6 cm³/mol. The van der Waals surface area contributed by atoms with Gasteiger partial charge in [-0.3, -0.25) is 14.5 Å². The van der Waals surface area contributed by atoms with Crippen LogP contribution in [0.4, 0.5) is 4.39 Å². The van der Waals surface area contributed by atoms with Gasteiger partial charge in [0, 0.05) is 45.7 Å². The molecule has 1 aromatic carbocycles. The molecule has 2 aliphatic heterocycles. The van der Waals surface area contributed by atoms with Crippen LogP contribution in [-0.2, 0) is 9.59 Å². The first-order valence-corrected chi connectivity index (χ1v) is 8.78. The molecule has 6 nitrogen and oxygen atoms in total. The van der Waals surface area contributed by atoms with Crippen LogP contribution in [0.25, 0.3) is 0 Å². The minimum absolute atomic E-state index is 0.0295. The summed E-state index contributed by atoms with van der Waals surface area (Å²) in [7, 11) is 0. The number of hydrogen-bond donors (Lipinski definition) is 1. The molecule has 7 heteroatoms. The third-order valence-corrected chi connectivity index (χ3v) is 4.71. The van der Waals surface area contributed by atoms with E-state index in [2.05, 4.69) is 10.2 Å². The highest BCUT2D eigenvalue weighted by Crippen LogP contribution is 2.15. The molecule has 25 heavy (non-hydrogen) atoms. The van der Waals surface area contributed by atoms with Gasteiger partial charge >= 0.3 is 0 Å². The standard InChI is InChI=1S/C18H24FN3O3/c19-15-2-4-16(5-3-15)25-11-1-6-21-7-9-22(10-8-21)18(24)14-12-17(23)20-13-14/h2-5,14H,1,6-13H2,(H,20,23)/t14-/m1/s1. The highest BCUT2D eigenvalue weighted by Gasteiger charge is 2.32. The van der Waals surface area contributed by atoms with Gasteiger partial charge in [0.15, 0.2) is 0 Å². The van der Waals surface area contributed by atoms with Crippen LogP contribution in [0.2, 0.25) is 0 Å². The number of benzene rings is 1. The first kappa shape index (κ1) is 17.7. The fraction of sp³-hybridized carbons (Fsp3) is 0.556. The molecule has 0 aromatic heterocycles. The zero-order valence-electron chi connectivity index (χ0n) is 14.2. The van der Waals surface area contributed by atoms with Gasteiger partial charge in [0.25, 0.3) is 0 Å². The summed E-state index contributed by atoms with van der Waals surface area (Å²) in [6.45, 7) is 5.07. The van der Waals surface area contributed by atoms with Crippen LogP contribution < -0.4 is 10.1 Å². The Balaban J connectivity index is 1.32. The lowest BCUT2D eigenvalue weighted by molar-refractivity contribution is -0.137. The summed E-state index contributed by atoms with van der Waals surface area (Å²) in [4.78, 5) is 27.8. The van der Waals surface area contributed by atoms with Crippen molar-refractivity contribution in [1.82, 2.24) is 15.1 Å². The Bertz CT molecular complexity index is 600. The summed E-state index contributed by atoms with van der Waals surface area (Å²) < 4.78 is 18.4. The summed E-state index contributed by atoms with van der Waals surface area (Å²) in [6, 6.07) is 6.03. The molecule has 1 atom stereocenters. The number of hydrogen-bond acceptors (Lipinski definition) is 4. The monoisotopic (exact) mass is 349 g/mol. The molecule has 2 saturated heterocycles. The molecular weight excluding hydrogens is 325 g/mol. The van der Waals surface area contributed by atoms with Crippen molar-refractivity contribution in [3.63, 3.8) is 0 Å². The molecule has 3 rings (SSSR count). The van der Waals surface area contributed by atoms with Crippen molar-refractivity contribution in [2.24, 2.45) is 5.92 Å².